The van der Waals surface area contributed by atoms with Gasteiger partial charge in [0.25, 0.3) is 0 Å². The van der Waals surface area contributed by atoms with E-state index in [9.17, 15) is 4.79 Å². The maximum atomic E-state index is 11.8. The Morgan fingerprint density at radius 3 is 2.85 bits per heavy atom. The molecule has 142 valence electrons. The van der Waals surface area contributed by atoms with Gasteiger partial charge in [0.1, 0.15) is 0 Å². The number of nitrogens with two attached hydrogens (primary N) is 1. The molecular formula is C18H20BrN5O3. The molecule has 0 amide bonds. The normalized spacial score (nSPS) is 10.9. The number of benzene rings is 1. The lowest BCUT2D eigenvalue weighted by atomic mass is 10.1. The quantitative estimate of drug-likeness (QED) is 0.346. The van der Waals surface area contributed by atoms with Gasteiger partial charge < -0.3 is 15.2 Å². The van der Waals surface area contributed by atoms with Crippen molar-refractivity contribution in [3.05, 3.63) is 40.1 Å². The monoisotopic (exact) mass is 433 g/mol. The van der Waals surface area contributed by atoms with Crippen molar-refractivity contribution in [2.24, 2.45) is 0 Å². The second-order valence-corrected chi connectivity index (χ2v) is 6.63. The number of fused-ring (bicyclic) bond motifs is 1. The molecule has 0 saturated carbocycles. The minimum absolute atomic E-state index is 0.227. The number of hydrogen-bond donors (Lipinski definition) is 1. The number of nitrogen functional groups attached to an aromatic ring is 1. The summed E-state index contributed by atoms with van der Waals surface area (Å²) in [4.78, 5) is 24.8. The van der Waals surface area contributed by atoms with Crippen molar-refractivity contribution >= 4 is 38.9 Å². The van der Waals surface area contributed by atoms with E-state index >= 15 is 0 Å². The van der Waals surface area contributed by atoms with Crippen LogP contribution < -0.4 is 10.5 Å². The SMILES string of the molecule is CCCCOc1nc(N)c2nc(Br)n(Cc3cccc(C(=O)OC)c3)c2n1. The summed E-state index contributed by atoms with van der Waals surface area (Å²) in [5.74, 6) is -0.126. The van der Waals surface area contributed by atoms with Crippen LogP contribution in [0.4, 0.5) is 5.82 Å². The lowest BCUT2D eigenvalue weighted by Gasteiger charge is -2.09. The van der Waals surface area contributed by atoms with Gasteiger partial charge in [0.05, 0.1) is 25.8 Å². The van der Waals surface area contributed by atoms with Crippen molar-refractivity contribution in [3.63, 3.8) is 0 Å². The fraction of sp³-hybridized carbons (Fsp3) is 0.333. The van der Waals surface area contributed by atoms with Gasteiger partial charge >= 0.3 is 12.0 Å². The van der Waals surface area contributed by atoms with Crippen molar-refractivity contribution in [1.29, 1.82) is 0 Å². The molecule has 0 spiro atoms. The second kappa shape index (κ2) is 8.34. The maximum Gasteiger partial charge on any atom is 0.337 e. The van der Waals surface area contributed by atoms with Crippen LogP contribution in [0.5, 0.6) is 6.01 Å². The van der Waals surface area contributed by atoms with Gasteiger partial charge in [0.2, 0.25) is 0 Å². The highest BCUT2D eigenvalue weighted by atomic mass is 79.9. The van der Waals surface area contributed by atoms with Crippen LogP contribution in [-0.2, 0) is 11.3 Å². The molecule has 1 aromatic carbocycles. The highest BCUT2D eigenvalue weighted by Crippen LogP contribution is 2.25. The first kappa shape index (κ1) is 19.1. The van der Waals surface area contributed by atoms with Crippen molar-refractivity contribution in [2.75, 3.05) is 19.5 Å². The van der Waals surface area contributed by atoms with Crippen LogP contribution in [0, 0.1) is 0 Å². The molecule has 2 N–H and O–H groups in total. The van der Waals surface area contributed by atoms with E-state index in [4.69, 9.17) is 15.2 Å². The predicted octanol–water partition coefficient (Wildman–Crippen LogP) is 3.18. The van der Waals surface area contributed by atoms with E-state index in [1.165, 1.54) is 7.11 Å². The third-order valence-electron chi connectivity index (χ3n) is 3.97. The molecule has 0 saturated heterocycles. The summed E-state index contributed by atoms with van der Waals surface area (Å²) in [5.41, 5.74) is 8.46. The number of esters is 1. The van der Waals surface area contributed by atoms with Crippen LogP contribution in [0.15, 0.2) is 29.0 Å². The standard InChI is InChI=1S/C18H20BrN5O3/c1-3-4-8-27-18-22-14(20)13-15(23-18)24(17(19)21-13)10-11-6-5-7-12(9-11)16(25)26-2/h5-7,9H,3-4,8,10H2,1-2H3,(H2,20,22,23). The molecule has 0 fully saturated rings. The van der Waals surface area contributed by atoms with Gasteiger partial charge in [0.15, 0.2) is 21.7 Å². The Kier molecular flexibility index (Phi) is 5.90. The number of hydrogen-bond acceptors (Lipinski definition) is 7. The zero-order valence-corrected chi connectivity index (χ0v) is 16.7. The van der Waals surface area contributed by atoms with E-state index in [0.29, 0.717) is 34.6 Å². The minimum Gasteiger partial charge on any atom is -0.465 e. The number of carbonyl (C=O) groups excluding carboxylic acids is 1. The lowest BCUT2D eigenvalue weighted by Crippen LogP contribution is -2.07. The smallest absolute Gasteiger partial charge is 0.337 e. The third-order valence-corrected chi connectivity index (χ3v) is 4.58. The molecule has 8 nitrogen and oxygen atoms in total. The van der Waals surface area contributed by atoms with E-state index in [0.717, 1.165) is 18.4 Å². The first-order valence-corrected chi connectivity index (χ1v) is 9.32. The van der Waals surface area contributed by atoms with E-state index in [1.54, 1.807) is 18.2 Å². The molecule has 27 heavy (non-hydrogen) atoms. The summed E-state index contributed by atoms with van der Waals surface area (Å²) in [6.45, 7) is 3.04. The van der Waals surface area contributed by atoms with Gasteiger partial charge in [-0.15, -0.1) is 0 Å². The van der Waals surface area contributed by atoms with Crippen LogP contribution in [0.3, 0.4) is 0 Å². The minimum atomic E-state index is -0.385. The molecule has 0 atom stereocenters. The molecule has 0 aliphatic carbocycles. The fourth-order valence-corrected chi connectivity index (χ4v) is 3.05. The highest BCUT2D eigenvalue weighted by Gasteiger charge is 2.17. The molecule has 9 heteroatoms. The maximum absolute atomic E-state index is 11.8. The Balaban J connectivity index is 1.96. The van der Waals surface area contributed by atoms with Gasteiger partial charge in [-0.2, -0.15) is 9.97 Å². The molecule has 2 aromatic heterocycles. The molecule has 0 unspecified atom stereocenters. The number of methoxy groups -OCH3 is 1. The van der Waals surface area contributed by atoms with Crippen molar-refractivity contribution in [3.8, 4) is 6.01 Å². The summed E-state index contributed by atoms with van der Waals surface area (Å²) < 4.78 is 12.8. The van der Waals surface area contributed by atoms with Crippen molar-refractivity contribution < 1.29 is 14.3 Å². The Hall–Kier alpha value is -2.68. The number of carbonyl (C=O) groups is 1. The van der Waals surface area contributed by atoms with Gasteiger partial charge in [-0.05, 0) is 40.0 Å². The van der Waals surface area contributed by atoms with Gasteiger partial charge in [-0.25, -0.2) is 9.78 Å². The molecule has 3 aromatic rings. The van der Waals surface area contributed by atoms with Crippen LogP contribution in [-0.4, -0.2) is 39.2 Å². The second-order valence-electron chi connectivity index (χ2n) is 5.92. The summed E-state index contributed by atoms with van der Waals surface area (Å²) >= 11 is 3.45. The largest absolute Gasteiger partial charge is 0.465 e. The Morgan fingerprint density at radius 1 is 1.30 bits per heavy atom. The average Bonchev–Trinajstić information content (AvgIpc) is 2.98. The number of aromatic nitrogens is 4. The number of ether oxygens (including phenoxy) is 2. The van der Waals surface area contributed by atoms with E-state index in [1.807, 2.05) is 10.6 Å². The molecule has 0 bridgehead atoms. The first-order valence-electron chi connectivity index (χ1n) is 8.52. The highest BCUT2D eigenvalue weighted by molar-refractivity contribution is 9.10. The lowest BCUT2D eigenvalue weighted by molar-refractivity contribution is 0.0600. The number of unbranched alkanes of at least 4 members (excludes halogenated alkanes) is 1. The van der Waals surface area contributed by atoms with E-state index in [-0.39, 0.29) is 17.8 Å². The van der Waals surface area contributed by atoms with Gasteiger partial charge in [-0.3, -0.25) is 4.57 Å². The Labute approximate surface area is 164 Å². The summed E-state index contributed by atoms with van der Waals surface area (Å²) in [6.07, 6.45) is 1.92. The number of anilines is 1. The van der Waals surface area contributed by atoms with Crippen molar-refractivity contribution in [1.82, 2.24) is 19.5 Å². The number of rotatable bonds is 7. The average molecular weight is 434 g/mol. The number of halogens is 1. The van der Waals surface area contributed by atoms with Crippen LogP contribution in [0.1, 0.15) is 35.7 Å². The summed E-state index contributed by atoms with van der Waals surface area (Å²) in [7, 11) is 1.36. The van der Waals surface area contributed by atoms with Crippen LogP contribution >= 0.6 is 15.9 Å². The van der Waals surface area contributed by atoms with Crippen molar-refractivity contribution in [2.45, 2.75) is 26.3 Å². The first-order chi connectivity index (χ1) is 13.0. The van der Waals surface area contributed by atoms with Crippen LogP contribution in [0.2, 0.25) is 0 Å². The van der Waals surface area contributed by atoms with E-state index in [2.05, 4.69) is 37.8 Å². The molecule has 0 aliphatic heterocycles. The summed E-state index contributed by atoms with van der Waals surface area (Å²) in [5, 5.41) is 0. The predicted molar refractivity (Wildman–Crippen MR) is 105 cm³/mol. The number of imidazole rings is 1. The van der Waals surface area contributed by atoms with Crippen LogP contribution in [0.25, 0.3) is 11.2 Å². The topological polar surface area (TPSA) is 105 Å². The third kappa shape index (κ3) is 4.19. The molecule has 0 aliphatic rings. The molecule has 0 radical (unpaired) electrons. The Morgan fingerprint density at radius 2 is 2.11 bits per heavy atom. The fourth-order valence-electron chi connectivity index (χ4n) is 2.58. The van der Waals surface area contributed by atoms with Gasteiger partial charge in [0, 0.05) is 0 Å². The zero-order chi connectivity index (χ0) is 19.4. The Bertz CT molecular complexity index is 973. The number of nitrogens with zero attached hydrogens (tertiary/aromatic N) is 4. The van der Waals surface area contributed by atoms with Gasteiger partial charge in [-0.1, -0.05) is 25.5 Å². The summed E-state index contributed by atoms with van der Waals surface area (Å²) in [6, 6.07) is 7.42. The molecular weight excluding hydrogens is 414 g/mol. The zero-order valence-electron chi connectivity index (χ0n) is 15.1. The van der Waals surface area contributed by atoms with E-state index < -0.39 is 0 Å². The molecule has 2 heterocycles. The molecule has 3 rings (SSSR count).